The minimum atomic E-state index is 0.0737. The molecule has 0 fully saturated rings. The van der Waals surface area contributed by atoms with E-state index in [9.17, 15) is 4.79 Å². The zero-order chi connectivity index (χ0) is 14.7. The minimum Gasteiger partial charge on any atom is -0.289 e. The number of Topliss-reactive ketones (excluding diaryl/α,β-unsaturated/α-hetero) is 1. The van der Waals surface area contributed by atoms with E-state index in [0.29, 0.717) is 0 Å². The Morgan fingerprint density at radius 2 is 1.48 bits per heavy atom. The van der Waals surface area contributed by atoms with Crippen LogP contribution in [0.5, 0.6) is 0 Å². The number of fused-ring (bicyclic) bond motifs is 1. The molecule has 0 aliphatic heterocycles. The highest BCUT2D eigenvalue weighted by atomic mass is 16.1. The van der Waals surface area contributed by atoms with Gasteiger partial charge in [-0.25, -0.2) is 0 Å². The number of carbonyl (C=O) groups excluding carboxylic acids is 1. The number of rotatable bonds is 3. The van der Waals surface area contributed by atoms with Crippen LogP contribution in [0.2, 0.25) is 0 Å². The van der Waals surface area contributed by atoms with Crippen LogP contribution in [0, 0.1) is 0 Å². The molecule has 1 heteroatoms. The van der Waals surface area contributed by atoms with Crippen molar-refractivity contribution in [1.82, 2.24) is 0 Å². The van der Waals surface area contributed by atoms with Crippen LogP contribution in [-0.4, -0.2) is 5.78 Å². The van der Waals surface area contributed by atoms with E-state index in [0.717, 1.165) is 27.5 Å². The van der Waals surface area contributed by atoms with Gasteiger partial charge in [-0.1, -0.05) is 66.7 Å². The van der Waals surface area contributed by atoms with Crippen LogP contribution in [0.25, 0.3) is 16.8 Å². The third-order valence-electron chi connectivity index (χ3n) is 3.55. The predicted molar refractivity (Wildman–Crippen MR) is 88.4 cm³/mol. The number of carbonyl (C=O) groups is 1. The molecule has 0 atom stereocenters. The van der Waals surface area contributed by atoms with E-state index < -0.39 is 0 Å². The van der Waals surface area contributed by atoms with Gasteiger partial charge in [-0.05, 0) is 41.0 Å². The Morgan fingerprint density at radius 3 is 2.24 bits per heavy atom. The van der Waals surface area contributed by atoms with Gasteiger partial charge in [0.05, 0.1) is 0 Å². The summed E-state index contributed by atoms with van der Waals surface area (Å²) < 4.78 is 0. The lowest BCUT2D eigenvalue weighted by Gasteiger charge is -2.04. The molecule has 3 aromatic rings. The first-order valence-corrected chi connectivity index (χ1v) is 7.01. The predicted octanol–water partition coefficient (Wildman–Crippen LogP) is 5.13. The molecule has 0 bridgehead atoms. The van der Waals surface area contributed by atoms with Gasteiger partial charge < -0.3 is 0 Å². The molecule has 0 aliphatic rings. The minimum absolute atomic E-state index is 0.0737. The summed E-state index contributed by atoms with van der Waals surface area (Å²) in [5, 5.41) is 2.25. The molecule has 1 nitrogen and oxygen atoms in total. The van der Waals surface area contributed by atoms with Crippen molar-refractivity contribution < 1.29 is 4.79 Å². The molecule has 0 spiro atoms. The molecular formula is C20H16O. The highest BCUT2D eigenvalue weighted by Crippen LogP contribution is 2.19. The molecule has 0 N–H and O–H groups in total. The zero-order valence-corrected chi connectivity index (χ0v) is 11.9. The summed E-state index contributed by atoms with van der Waals surface area (Å²) in [5.41, 5.74) is 2.53. The van der Waals surface area contributed by atoms with Crippen LogP contribution < -0.4 is 0 Å². The van der Waals surface area contributed by atoms with Gasteiger partial charge >= 0.3 is 0 Å². The van der Waals surface area contributed by atoms with Crippen LogP contribution in [-0.2, 0) is 0 Å². The summed E-state index contributed by atoms with van der Waals surface area (Å²) in [6.07, 6.45) is 1.93. The molecule has 0 saturated heterocycles. The van der Waals surface area contributed by atoms with Crippen molar-refractivity contribution in [3.63, 3.8) is 0 Å². The Hall–Kier alpha value is -2.67. The largest absolute Gasteiger partial charge is 0.289 e. The van der Waals surface area contributed by atoms with Gasteiger partial charge in [0.25, 0.3) is 0 Å². The number of ketones is 1. The van der Waals surface area contributed by atoms with Crippen molar-refractivity contribution in [3.8, 4) is 0 Å². The lowest BCUT2D eigenvalue weighted by atomic mass is 9.99. The highest BCUT2D eigenvalue weighted by molar-refractivity contribution is 6.12. The first kappa shape index (κ1) is 13.3. The van der Waals surface area contributed by atoms with Crippen molar-refractivity contribution in [2.24, 2.45) is 0 Å². The summed E-state index contributed by atoms with van der Waals surface area (Å²) in [7, 11) is 0. The molecule has 0 saturated carbocycles. The third kappa shape index (κ3) is 2.92. The average molecular weight is 272 g/mol. The summed E-state index contributed by atoms with van der Waals surface area (Å²) in [5.74, 6) is 0.0737. The molecule has 3 rings (SSSR count). The molecule has 0 radical (unpaired) electrons. The Bertz CT molecular complexity index is 813. The fourth-order valence-electron chi connectivity index (χ4n) is 2.42. The van der Waals surface area contributed by atoms with Crippen LogP contribution in [0.4, 0.5) is 0 Å². The van der Waals surface area contributed by atoms with Gasteiger partial charge in [-0.3, -0.25) is 4.79 Å². The van der Waals surface area contributed by atoms with E-state index in [-0.39, 0.29) is 5.78 Å². The summed E-state index contributed by atoms with van der Waals surface area (Å²) in [6, 6.07) is 23.8. The van der Waals surface area contributed by atoms with Gasteiger partial charge in [-0.15, -0.1) is 0 Å². The van der Waals surface area contributed by atoms with Crippen molar-refractivity contribution in [3.05, 3.63) is 89.5 Å². The van der Waals surface area contributed by atoms with Crippen LogP contribution in [0.3, 0.4) is 0 Å². The number of allylic oxidation sites excluding steroid dienone is 1. The standard InChI is InChI=1S/C20H16O/c1-15(13-16-7-3-2-4-8-16)20(21)19-12-11-17-9-5-6-10-18(17)14-19/h2-14H,1H3/b15-13+. The van der Waals surface area contributed by atoms with E-state index in [1.807, 2.05) is 79.7 Å². The van der Waals surface area contributed by atoms with Crippen molar-refractivity contribution in [2.75, 3.05) is 0 Å². The maximum Gasteiger partial charge on any atom is 0.188 e. The number of hydrogen-bond donors (Lipinski definition) is 0. The molecule has 0 amide bonds. The Balaban J connectivity index is 1.94. The number of benzene rings is 3. The fourth-order valence-corrected chi connectivity index (χ4v) is 2.42. The fraction of sp³-hybridized carbons (Fsp3) is 0.0500. The van der Waals surface area contributed by atoms with E-state index >= 15 is 0 Å². The zero-order valence-electron chi connectivity index (χ0n) is 11.9. The first-order chi connectivity index (χ1) is 10.2. The van der Waals surface area contributed by atoms with Crippen LogP contribution in [0.15, 0.2) is 78.4 Å². The maximum atomic E-state index is 12.5. The van der Waals surface area contributed by atoms with E-state index in [2.05, 4.69) is 6.07 Å². The van der Waals surface area contributed by atoms with Gasteiger partial charge in [0.1, 0.15) is 0 Å². The normalized spacial score (nSPS) is 11.6. The van der Waals surface area contributed by atoms with Crippen molar-refractivity contribution >= 4 is 22.6 Å². The lowest BCUT2D eigenvalue weighted by molar-refractivity contribution is 0.103. The van der Waals surface area contributed by atoms with E-state index in [1.165, 1.54) is 0 Å². The van der Waals surface area contributed by atoms with Gasteiger partial charge in [0.15, 0.2) is 5.78 Å². The second kappa shape index (κ2) is 5.76. The van der Waals surface area contributed by atoms with Gasteiger partial charge in [0.2, 0.25) is 0 Å². The quantitative estimate of drug-likeness (QED) is 0.477. The van der Waals surface area contributed by atoms with Crippen LogP contribution in [0.1, 0.15) is 22.8 Å². The van der Waals surface area contributed by atoms with E-state index in [1.54, 1.807) is 0 Å². The van der Waals surface area contributed by atoms with Gasteiger partial charge in [0, 0.05) is 5.56 Å². The Kier molecular flexibility index (Phi) is 3.65. The molecule has 0 unspecified atom stereocenters. The summed E-state index contributed by atoms with van der Waals surface area (Å²) >= 11 is 0. The highest BCUT2D eigenvalue weighted by Gasteiger charge is 2.08. The van der Waals surface area contributed by atoms with E-state index in [4.69, 9.17) is 0 Å². The first-order valence-electron chi connectivity index (χ1n) is 7.01. The Morgan fingerprint density at radius 1 is 0.810 bits per heavy atom. The van der Waals surface area contributed by atoms with Crippen molar-refractivity contribution in [2.45, 2.75) is 6.92 Å². The molecule has 0 aliphatic carbocycles. The Labute approximate surface area is 124 Å². The summed E-state index contributed by atoms with van der Waals surface area (Å²) in [4.78, 5) is 12.5. The van der Waals surface area contributed by atoms with Gasteiger partial charge in [-0.2, -0.15) is 0 Å². The second-order valence-corrected chi connectivity index (χ2v) is 5.13. The molecular weight excluding hydrogens is 256 g/mol. The summed E-state index contributed by atoms with van der Waals surface area (Å²) in [6.45, 7) is 1.87. The van der Waals surface area contributed by atoms with Crippen molar-refractivity contribution in [1.29, 1.82) is 0 Å². The molecule has 0 aromatic heterocycles. The SMILES string of the molecule is C/C(=C\c1ccccc1)C(=O)c1ccc2ccccc2c1. The average Bonchev–Trinajstić information content (AvgIpc) is 2.54. The topological polar surface area (TPSA) is 17.1 Å². The molecule has 0 heterocycles. The molecule has 21 heavy (non-hydrogen) atoms. The second-order valence-electron chi connectivity index (χ2n) is 5.13. The smallest absolute Gasteiger partial charge is 0.188 e. The molecule has 3 aromatic carbocycles. The maximum absolute atomic E-state index is 12.5. The third-order valence-corrected chi connectivity index (χ3v) is 3.55. The van der Waals surface area contributed by atoms with Crippen LogP contribution >= 0.6 is 0 Å². The number of hydrogen-bond acceptors (Lipinski definition) is 1. The monoisotopic (exact) mass is 272 g/mol. The lowest BCUT2D eigenvalue weighted by Crippen LogP contribution is -2.00. The molecule has 102 valence electrons.